The van der Waals surface area contributed by atoms with Gasteiger partial charge in [0.05, 0.1) is 19.8 Å². The van der Waals surface area contributed by atoms with Crippen molar-refractivity contribution in [3.63, 3.8) is 0 Å². The van der Waals surface area contributed by atoms with E-state index in [1.165, 1.54) is 0 Å². The quantitative estimate of drug-likeness (QED) is 0.457. The smallest absolute Gasteiger partial charge is 0.219 e. The molecule has 0 atom stereocenters. The molecule has 5 heteroatoms. The number of nitrogens with zero attached hydrogens (tertiary/aromatic N) is 3. The van der Waals surface area contributed by atoms with Crippen LogP contribution >= 0.6 is 0 Å². The SMILES string of the molecule is N#CN=C(CN1CCOCC1)Oc1ccccc1. The molecule has 0 N–H and O–H groups in total. The second-order valence-corrected chi connectivity index (χ2v) is 3.91. The number of benzene rings is 1. The lowest BCUT2D eigenvalue weighted by molar-refractivity contribution is 0.0440. The molecule has 0 spiro atoms. The molecule has 1 aliphatic heterocycles. The van der Waals surface area contributed by atoms with Crippen LogP contribution in [0, 0.1) is 11.5 Å². The molecule has 0 unspecified atom stereocenters. The van der Waals surface area contributed by atoms with E-state index in [4.69, 9.17) is 14.7 Å². The van der Waals surface area contributed by atoms with E-state index in [0.29, 0.717) is 31.4 Å². The second-order valence-electron chi connectivity index (χ2n) is 3.91. The van der Waals surface area contributed by atoms with Crippen LogP contribution in [0.15, 0.2) is 35.3 Å². The Morgan fingerprint density at radius 3 is 2.72 bits per heavy atom. The summed E-state index contributed by atoms with van der Waals surface area (Å²) in [6.07, 6.45) is 1.78. The van der Waals surface area contributed by atoms with E-state index in [-0.39, 0.29) is 0 Å². The van der Waals surface area contributed by atoms with Crippen LogP contribution < -0.4 is 4.74 Å². The van der Waals surface area contributed by atoms with Gasteiger partial charge in [0.15, 0.2) is 0 Å². The Balaban J connectivity index is 1.96. The first-order valence-corrected chi connectivity index (χ1v) is 5.87. The fourth-order valence-corrected chi connectivity index (χ4v) is 1.72. The Hall–Kier alpha value is -1.90. The van der Waals surface area contributed by atoms with Crippen LogP contribution in [-0.2, 0) is 4.74 Å². The zero-order valence-electron chi connectivity index (χ0n) is 10.1. The van der Waals surface area contributed by atoms with Crippen LogP contribution in [0.25, 0.3) is 0 Å². The molecule has 1 saturated heterocycles. The highest BCUT2D eigenvalue weighted by Gasteiger charge is 2.14. The summed E-state index contributed by atoms with van der Waals surface area (Å²) in [4.78, 5) is 5.89. The van der Waals surface area contributed by atoms with Gasteiger partial charge in [0.1, 0.15) is 5.75 Å². The molecular formula is C13H15N3O2. The van der Waals surface area contributed by atoms with Crippen molar-refractivity contribution in [3.05, 3.63) is 30.3 Å². The summed E-state index contributed by atoms with van der Waals surface area (Å²) < 4.78 is 10.9. The summed E-state index contributed by atoms with van der Waals surface area (Å²) in [7, 11) is 0. The molecule has 0 radical (unpaired) electrons. The maximum absolute atomic E-state index is 8.68. The lowest BCUT2D eigenvalue weighted by Gasteiger charge is -2.26. The van der Waals surface area contributed by atoms with Crippen molar-refractivity contribution >= 4 is 5.90 Å². The number of aliphatic imine (C=N–C) groups is 1. The summed E-state index contributed by atoms with van der Waals surface area (Å²) in [6, 6.07) is 9.36. The highest BCUT2D eigenvalue weighted by molar-refractivity contribution is 5.81. The van der Waals surface area contributed by atoms with Crippen molar-refractivity contribution in [2.24, 2.45) is 4.99 Å². The molecule has 5 nitrogen and oxygen atoms in total. The van der Waals surface area contributed by atoms with Gasteiger partial charge in [-0.05, 0) is 12.1 Å². The first-order chi connectivity index (χ1) is 8.88. The van der Waals surface area contributed by atoms with Crippen LogP contribution in [0.3, 0.4) is 0 Å². The summed E-state index contributed by atoms with van der Waals surface area (Å²) in [5.74, 6) is 1.12. The highest BCUT2D eigenvalue weighted by atomic mass is 16.5. The number of nitriles is 1. The molecule has 0 aliphatic carbocycles. The topological polar surface area (TPSA) is 57.9 Å². The summed E-state index contributed by atoms with van der Waals surface area (Å²) in [6.45, 7) is 3.63. The summed E-state index contributed by atoms with van der Waals surface area (Å²) >= 11 is 0. The normalized spacial score (nSPS) is 17.2. The van der Waals surface area contributed by atoms with Crippen LogP contribution in [0.5, 0.6) is 5.75 Å². The van der Waals surface area contributed by atoms with E-state index in [0.717, 1.165) is 13.1 Å². The average molecular weight is 245 g/mol. The van der Waals surface area contributed by atoms with Crippen molar-refractivity contribution in [1.82, 2.24) is 4.90 Å². The van der Waals surface area contributed by atoms with E-state index in [1.807, 2.05) is 30.3 Å². The Morgan fingerprint density at radius 2 is 2.06 bits per heavy atom. The van der Waals surface area contributed by atoms with Crippen molar-refractivity contribution in [1.29, 1.82) is 5.26 Å². The molecule has 2 rings (SSSR count). The molecular weight excluding hydrogens is 230 g/mol. The Kier molecular flexibility index (Phi) is 4.70. The molecule has 1 aromatic rings. The Bertz CT molecular complexity index is 433. The minimum atomic E-state index is 0.422. The molecule has 1 aromatic carbocycles. The Labute approximate surface area is 106 Å². The molecule has 1 heterocycles. The van der Waals surface area contributed by atoms with Gasteiger partial charge in [0.25, 0.3) is 0 Å². The van der Waals surface area contributed by atoms with Gasteiger partial charge in [-0.15, -0.1) is 4.99 Å². The Morgan fingerprint density at radius 1 is 1.33 bits per heavy atom. The van der Waals surface area contributed by atoms with Gasteiger partial charge < -0.3 is 9.47 Å². The van der Waals surface area contributed by atoms with Gasteiger partial charge in [-0.2, -0.15) is 5.26 Å². The summed E-state index contributed by atoms with van der Waals surface area (Å²) in [5.41, 5.74) is 0. The molecule has 94 valence electrons. The van der Waals surface area contributed by atoms with Gasteiger partial charge in [-0.25, -0.2) is 0 Å². The number of rotatable bonds is 3. The molecule has 1 fully saturated rings. The number of para-hydroxylation sites is 1. The zero-order chi connectivity index (χ0) is 12.6. The van der Waals surface area contributed by atoms with E-state index in [2.05, 4.69) is 9.89 Å². The van der Waals surface area contributed by atoms with Gasteiger partial charge in [-0.1, -0.05) is 18.2 Å². The van der Waals surface area contributed by atoms with Gasteiger partial charge in [0.2, 0.25) is 12.1 Å². The average Bonchev–Trinajstić information content (AvgIpc) is 2.41. The third-order valence-electron chi connectivity index (χ3n) is 2.62. The second kappa shape index (κ2) is 6.74. The van der Waals surface area contributed by atoms with Crippen LogP contribution in [0.4, 0.5) is 0 Å². The van der Waals surface area contributed by atoms with E-state index in [9.17, 15) is 0 Å². The standard InChI is InChI=1S/C13H15N3O2/c14-11-15-13(10-16-6-8-17-9-7-16)18-12-4-2-1-3-5-12/h1-5H,6-10H2. The van der Waals surface area contributed by atoms with Crippen LogP contribution in [-0.4, -0.2) is 43.6 Å². The predicted octanol–water partition coefficient (Wildman–Crippen LogP) is 1.28. The maximum Gasteiger partial charge on any atom is 0.219 e. The lowest BCUT2D eigenvalue weighted by atomic mass is 10.3. The van der Waals surface area contributed by atoms with Crippen molar-refractivity contribution < 1.29 is 9.47 Å². The van der Waals surface area contributed by atoms with E-state index >= 15 is 0 Å². The van der Waals surface area contributed by atoms with E-state index in [1.54, 1.807) is 6.19 Å². The molecule has 1 aliphatic rings. The first kappa shape index (κ1) is 12.6. The lowest BCUT2D eigenvalue weighted by Crippen LogP contribution is -2.40. The van der Waals surface area contributed by atoms with Crippen LogP contribution in [0.1, 0.15) is 0 Å². The minimum Gasteiger partial charge on any atom is -0.441 e. The van der Waals surface area contributed by atoms with Gasteiger partial charge in [0, 0.05) is 13.1 Å². The molecule has 0 amide bonds. The number of ether oxygens (including phenoxy) is 2. The van der Waals surface area contributed by atoms with Crippen molar-refractivity contribution in [3.8, 4) is 11.9 Å². The first-order valence-electron chi connectivity index (χ1n) is 5.87. The van der Waals surface area contributed by atoms with E-state index < -0.39 is 0 Å². The molecule has 0 saturated carbocycles. The number of morpholine rings is 1. The fourth-order valence-electron chi connectivity index (χ4n) is 1.72. The third kappa shape index (κ3) is 3.84. The number of hydrogen-bond acceptors (Lipinski definition) is 5. The zero-order valence-corrected chi connectivity index (χ0v) is 10.1. The number of hydrogen-bond donors (Lipinski definition) is 0. The fraction of sp³-hybridized carbons (Fsp3) is 0.385. The highest BCUT2D eigenvalue weighted by Crippen LogP contribution is 2.09. The van der Waals surface area contributed by atoms with Crippen molar-refractivity contribution in [2.75, 3.05) is 32.8 Å². The largest absolute Gasteiger partial charge is 0.441 e. The third-order valence-corrected chi connectivity index (χ3v) is 2.62. The molecule has 18 heavy (non-hydrogen) atoms. The molecule has 0 aromatic heterocycles. The maximum atomic E-state index is 8.68. The monoisotopic (exact) mass is 245 g/mol. The van der Waals surface area contributed by atoms with Gasteiger partial charge in [-0.3, -0.25) is 4.90 Å². The van der Waals surface area contributed by atoms with Crippen LogP contribution in [0.2, 0.25) is 0 Å². The minimum absolute atomic E-state index is 0.422. The molecule has 0 bridgehead atoms. The van der Waals surface area contributed by atoms with Crippen molar-refractivity contribution in [2.45, 2.75) is 0 Å². The predicted molar refractivity (Wildman–Crippen MR) is 67.4 cm³/mol. The van der Waals surface area contributed by atoms with Gasteiger partial charge >= 0.3 is 0 Å². The summed E-state index contributed by atoms with van der Waals surface area (Å²) in [5, 5.41) is 8.68.